The second-order valence-corrected chi connectivity index (χ2v) is 2.39. The van der Waals surface area contributed by atoms with E-state index in [1.54, 1.807) is 6.07 Å². The van der Waals surface area contributed by atoms with E-state index in [1.807, 2.05) is 13.0 Å². The average Bonchev–Trinajstić information content (AvgIpc) is 2.01. The van der Waals surface area contributed by atoms with E-state index in [0.717, 1.165) is 5.56 Å². The molecular formula is C8H11N3. The van der Waals surface area contributed by atoms with Crippen LogP contribution in [-0.4, -0.2) is 6.72 Å². The highest BCUT2D eigenvalue weighted by molar-refractivity contribution is 5.79. The highest BCUT2D eigenvalue weighted by Crippen LogP contribution is 2.29. The van der Waals surface area contributed by atoms with E-state index in [4.69, 9.17) is 11.5 Å². The fourth-order valence-electron chi connectivity index (χ4n) is 0.872. The topological polar surface area (TPSA) is 64.4 Å². The summed E-state index contributed by atoms with van der Waals surface area (Å²) in [5.41, 5.74) is 14.0. The van der Waals surface area contributed by atoms with Gasteiger partial charge in [-0.15, -0.1) is 0 Å². The highest BCUT2D eigenvalue weighted by Gasteiger charge is 2.02. The average molecular weight is 149 g/mol. The van der Waals surface area contributed by atoms with Crippen molar-refractivity contribution in [1.29, 1.82) is 0 Å². The van der Waals surface area contributed by atoms with Crippen LogP contribution in [0.4, 0.5) is 17.1 Å². The van der Waals surface area contributed by atoms with Crippen molar-refractivity contribution >= 4 is 23.8 Å². The number of nitrogens with two attached hydrogens (primary N) is 2. The van der Waals surface area contributed by atoms with Crippen molar-refractivity contribution in [2.24, 2.45) is 4.99 Å². The van der Waals surface area contributed by atoms with Crippen molar-refractivity contribution < 1.29 is 0 Å². The summed E-state index contributed by atoms with van der Waals surface area (Å²) in [5, 5.41) is 0. The number of anilines is 2. The zero-order chi connectivity index (χ0) is 8.43. The molecule has 0 heterocycles. The van der Waals surface area contributed by atoms with Gasteiger partial charge in [-0.1, -0.05) is 6.07 Å². The normalized spacial score (nSPS) is 9.55. The van der Waals surface area contributed by atoms with Crippen LogP contribution in [0.5, 0.6) is 0 Å². The minimum absolute atomic E-state index is 0.514. The van der Waals surface area contributed by atoms with Gasteiger partial charge in [0.05, 0.1) is 17.1 Å². The first-order valence-corrected chi connectivity index (χ1v) is 3.28. The molecule has 0 aliphatic carbocycles. The summed E-state index contributed by atoms with van der Waals surface area (Å²) < 4.78 is 0. The number of aryl methyl sites for hydroxylation is 1. The molecule has 0 saturated carbocycles. The van der Waals surface area contributed by atoms with Crippen molar-refractivity contribution in [3.63, 3.8) is 0 Å². The summed E-state index contributed by atoms with van der Waals surface area (Å²) in [4.78, 5) is 3.72. The van der Waals surface area contributed by atoms with Gasteiger partial charge < -0.3 is 11.5 Å². The summed E-state index contributed by atoms with van der Waals surface area (Å²) in [6.07, 6.45) is 0. The van der Waals surface area contributed by atoms with Gasteiger partial charge in [-0.05, 0) is 25.3 Å². The summed E-state index contributed by atoms with van der Waals surface area (Å²) in [5.74, 6) is 0. The van der Waals surface area contributed by atoms with Gasteiger partial charge >= 0.3 is 0 Å². The summed E-state index contributed by atoms with van der Waals surface area (Å²) >= 11 is 0. The van der Waals surface area contributed by atoms with Crippen molar-refractivity contribution in [3.8, 4) is 0 Å². The highest BCUT2D eigenvalue weighted by atomic mass is 14.8. The number of benzene rings is 1. The van der Waals surface area contributed by atoms with Gasteiger partial charge in [0, 0.05) is 0 Å². The fourth-order valence-corrected chi connectivity index (χ4v) is 0.872. The molecule has 0 spiro atoms. The maximum absolute atomic E-state index is 5.65. The predicted octanol–water partition coefficient (Wildman–Crippen LogP) is 1.49. The zero-order valence-corrected chi connectivity index (χ0v) is 6.46. The summed E-state index contributed by atoms with van der Waals surface area (Å²) in [6.45, 7) is 5.28. The third kappa shape index (κ3) is 1.17. The van der Waals surface area contributed by atoms with Gasteiger partial charge in [0.25, 0.3) is 0 Å². The van der Waals surface area contributed by atoms with Crippen LogP contribution in [0.2, 0.25) is 0 Å². The quantitative estimate of drug-likeness (QED) is 0.469. The molecule has 58 valence electrons. The third-order valence-corrected chi connectivity index (χ3v) is 1.65. The minimum atomic E-state index is 0.514. The fraction of sp³-hybridized carbons (Fsp3) is 0.125. The molecule has 0 fully saturated rings. The number of nitrogen functional groups attached to an aromatic ring is 2. The number of rotatable bonds is 1. The van der Waals surface area contributed by atoms with E-state index in [-0.39, 0.29) is 0 Å². The van der Waals surface area contributed by atoms with E-state index in [9.17, 15) is 0 Å². The molecule has 3 nitrogen and oxygen atoms in total. The molecule has 11 heavy (non-hydrogen) atoms. The molecule has 0 radical (unpaired) electrons. The van der Waals surface area contributed by atoms with Crippen LogP contribution >= 0.6 is 0 Å². The standard InChI is InChI=1S/C8H11N3/c1-5-3-4-6(11-2)8(10)7(5)9/h3-4H,2,9-10H2,1H3. The number of hydrogen-bond donors (Lipinski definition) is 2. The summed E-state index contributed by atoms with van der Waals surface area (Å²) in [7, 11) is 0. The molecule has 0 saturated heterocycles. The second-order valence-electron chi connectivity index (χ2n) is 2.39. The lowest BCUT2D eigenvalue weighted by atomic mass is 10.1. The van der Waals surface area contributed by atoms with Gasteiger partial charge in [-0.3, -0.25) is 4.99 Å². The van der Waals surface area contributed by atoms with Crippen molar-refractivity contribution in [2.75, 3.05) is 11.5 Å². The Morgan fingerprint density at radius 3 is 2.45 bits per heavy atom. The molecule has 1 aromatic carbocycles. The molecule has 0 amide bonds. The Labute approximate surface area is 65.7 Å². The first-order valence-electron chi connectivity index (χ1n) is 3.28. The van der Waals surface area contributed by atoms with Gasteiger partial charge in [-0.25, -0.2) is 0 Å². The lowest BCUT2D eigenvalue weighted by Crippen LogP contribution is -1.96. The van der Waals surface area contributed by atoms with Crippen LogP contribution in [0.15, 0.2) is 17.1 Å². The van der Waals surface area contributed by atoms with E-state index in [1.165, 1.54) is 0 Å². The van der Waals surface area contributed by atoms with E-state index >= 15 is 0 Å². The van der Waals surface area contributed by atoms with Gasteiger partial charge in [0.2, 0.25) is 0 Å². The molecule has 0 atom stereocenters. The van der Waals surface area contributed by atoms with E-state index < -0.39 is 0 Å². The van der Waals surface area contributed by atoms with Crippen molar-refractivity contribution in [2.45, 2.75) is 6.92 Å². The molecule has 4 N–H and O–H groups in total. The smallest absolute Gasteiger partial charge is 0.0873 e. The Bertz CT molecular complexity index is 292. The first-order chi connectivity index (χ1) is 5.16. The Morgan fingerprint density at radius 1 is 1.27 bits per heavy atom. The third-order valence-electron chi connectivity index (χ3n) is 1.65. The van der Waals surface area contributed by atoms with Crippen molar-refractivity contribution in [1.82, 2.24) is 0 Å². The monoisotopic (exact) mass is 149 g/mol. The Hall–Kier alpha value is -1.51. The minimum Gasteiger partial charge on any atom is -0.397 e. The number of aliphatic imine (C=N–C) groups is 1. The number of hydrogen-bond acceptors (Lipinski definition) is 3. The molecule has 0 bridgehead atoms. The largest absolute Gasteiger partial charge is 0.397 e. The Morgan fingerprint density at radius 2 is 1.91 bits per heavy atom. The molecule has 0 aliphatic rings. The Balaban J connectivity index is 3.36. The van der Waals surface area contributed by atoms with Gasteiger partial charge in [0.1, 0.15) is 0 Å². The lowest BCUT2D eigenvalue weighted by Gasteiger charge is -2.05. The number of nitrogens with zero attached hydrogens (tertiary/aromatic N) is 1. The van der Waals surface area contributed by atoms with Crippen LogP contribution in [0.1, 0.15) is 5.56 Å². The molecule has 1 rings (SSSR count). The van der Waals surface area contributed by atoms with Gasteiger partial charge in [-0.2, -0.15) is 0 Å². The Kier molecular flexibility index (Phi) is 1.81. The second kappa shape index (κ2) is 2.62. The zero-order valence-electron chi connectivity index (χ0n) is 6.46. The lowest BCUT2D eigenvalue weighted by molar-refractivity contribution is 1.44. The van der Waals surface area contributed by atoms with Crippen LogP contribution in [-0.2, 0) is 0 Å². The maximum atomic E-state index is 5.65. The molecule has 0 aliphatic heterocycles. The van der Waals surface area contributed by atoms with E-state index in [2.05, 4.69) is 11.7 Å². The van der Waals surface area contributed by atoms with E-state index in [0.29, 0.717) is 17.1 Å². The SMILES string of the molecule is C=Nc1ccc(C)c(N)c1N. The van der Waals surface area contributed by atoms with Gasteiger partial charge in [0.15, 0.2) is 0 Å². The summed E-state index contributed by atoms with van der Waals surface area (Å²) in [6, 6.07) is 3.67. The molecule has 3 heteroatoms. The maximum Gasteiger partial charge on any atom is 0.0873 e. The van der Waals surface area contributed by atoms with Crippen molar-refractivity contribution in [3.05, 3.63) is 17.7 Å². The molecule has 1 aromatic rings. The van der Waals surface area contributed by atoms with Crippen LogP contribution in [0.25, 0.3) is 0 Å². The molecular weight excluding hydrogens is 138 g/mol. The first kappa shape index (κ1) is 7.60. The van der Waals surface area contributed by atoms with Crippen LogP contribution < -0.4 is 11.5 Å². The molecule has 0 aromatic heterocycles. The van der Waals surface area contributed by atoms with Crippen LogP contribution in [0.3, 0.4) is 0 Å². The molecule has 0 unspecified atom stereocenters. The predicted molar refractivity (Wildman–Crippen MR) is 49.2 cm³/mol. The van der Waals surface area contributed by atoms with Crippen LogP contribution in [0, 0.1) is 6.92 Å².